The van der Waals surface area contributed by atoms with Crippen molar-refractivity contribution in [2.24, 2.45) is 7.05 Å². The van der Waals surface area contributed by atoms with Crippen LogP contribution in [0, 0.1) is 5.82 Å². The molecule has 2 aliphatic rings. The van der Waals surface area contributed by atoms with Crippen molar-refractivity contribution in [3.8, 4) is 23.0 Å². The molecule has 12 heteroatoms. The highest BCUT2D eigenvalue weighted by Gasteiger charge is 2.22. The molecule has 1 aliphatic heterocycles. The van der Waals surface area contributed by atoms with E-state index in [-0.39, 0.29) is 17.7 Å². The fourth-order valence-corrected chi connectivity index (χ4v) is 5.78. The van der Waals surface area contributed by atoms with Crippen molar-refractivity contribution in [2.75, 3.05) is 51.9 Å². The Morgan fingerprint density at radius 3 is 2.67 bits per heavy atom. The number of hydrogen-bond donors (Lipinski definition) is 2. The third kappa shape index (κ3) is 7.46. The Morgan fingerprint density at radius 2 is 1.89 bits per heavy atom. The SMILES string of the molecule is COc1cc2c(Oc3ccc(Nc4nn(C)cc4C(=O)NC4CCCC4)cc3F)ccnc2cc1OCCCN1CCOCC1. The van der Waals surface area contributed by atoms with Crippen LogP contribution in [0.5, 0.6) is 23.0 Å². The average Bonchev–Trinajstić information content (AvgIpc) is 3.70. The molecule has 0 bridgehead atoms. The van der Waals surface area contributed by atoms with Gasteiger partial charge in [0.1, 0.15) is 11.3 Å². The highest BCUT2D eigenvalue weighted by atomic mass is 19.1. The maximum absolute atomic E-state index is 15.3. The summed E-state index contributed by atoms with van der Waals surface area (Å²) in [6.45, 7) is 4.89. The highest BCUT2D eigenvalue weighted by Crippen LogP contribution is 2.38. The molecule has 3 heterocycles. The Balaban J connectivity index is 1.13. The Kier molecular flexibility index (Phi) is 9.61. The Hall–Kier alpha value is -4.42. The average molecular weight is 619 g/mol. The van der Waals surface area contributed by atoms with Crippen LogP contribution in [0.1, 0.15) is 42.5 Å². The van der Waals surface area contributed by atoms with Crippen LogP contribution in [-0.4, -0.2) is 78.2 Å². The van der Waals surface area contributed by atoms with Gasteiger partial charge in [-0.3, -0.25) is 19.4 Å². The molecule has 1 saturated carbocycles. The van der Waals surface area contributed by atoms with Gasteiger partial charge in [0, 0.05) is 68.3 Å². The van der Waals surface area contributed by atoms with Crippen molar-refractivity contribution in [3.63, 3.8) is 0 Å². The number of hydrogen-bond acceptors (Lipinski definition) is 9. The van der Waals surface area contributed by atoms with Gasteiger partial charge in [0.15, 0.2) is 28.9 Å². The lowest BCUT2D eigenvalue weighted by Gasteiger charge is -2.26. The molecule has 238 valence electrons. The minimum atomic E-state index is -0.579. The molecular weight excluding hydrogens is 579 g/mol. The van der Waals surface area contributed by atoms with E-state index >= 15 is 4.39 Å². The Bertz CT molecular complexity index is 1630. The minimum Gasteiger partial charge on any atom is -0.493 e. The lowest BCUT2D eigenvalue weighted by Crippen LogP contribution is -2.37. The summed E-state index contributed by atoms with van der Waals surface area (Å²) in [7, 11) is 3.32. The molecule has 1 saturated heterocycles. The smallest absolute Gasteiger partial charge is 0.256 e. The first kappa shape index (κ1) is 30.6. The van der Waals surface area contributed by atoms with Gasteiger partial charge in [-0.2, -0.15) is 5.10 Å². The molecule has 4 aromatic rings. The highest BCUT2D eigenvalue weighted by molar-refractivity contribution is 5.99. The van der Waals surface area contributed by atoms with Gasteiger partial charge in [-0.25, -0.2) is 4.39 Å². The summed E-state index contributed by atoms with van der Waals surface area (Å²) < 4.78 is 40.0. The Morgan fingerprint density at radius 1 is 1.07 bits per heavy atom. The number of rotatable bonds is 12. The fourth-order valence-electron chi connectivity index (χ4n) is 5.78. The summed E-state index contributed by atoms with van der Waals surface area (Å²) in [5.74, 6) is 1.17. The van der Waals surface area contributed by atoms with Crippen molar-refractivity contribution in [1.82, 2.24) is 25.0 Å². The van der Waals surface area contributed by atoms with Crippen molar-refractivity contribution >= 4 is 28.3 Å². The number of nitrogens with one attached hydrogen (secondary N) is 2. The molecule has 2 fully saturated rings. The zero-order valence-electron chi connectivity index (χ0n) is 25.7. The van der Waals surface area contributed by atoms with E-state index in [2.05, 4.69) is 25.6 Å². The molecule has 11 nitrogen and oxygen atoms in total. The summed E-state index contributed by atoms with van der Waals surface area (Å²) in [4.78, 5) is 19.8. The number of carbonyl (C=O) groups is 1. The Labute approximate surface area is 261 Å². The summed E-state index contributed by atoms with van der Waals surface area (Å²) in [5, 5.41) is 11.2. The molecule has 2 N–H and O–H groups in total. The zero-order chi connectivity index (χ0) is 31.2. The minimum absolute atomic E-state index is 0.0377. The van der Waals surface area contributed by atoms with Crippen LogP contribution in [-0.2, 0) is 11.8 Å². The predicted molar refractivity (Wildman–Crippen MR) is 168 cm³/mol. The predicted octanol–water partition coefficient (Wildman–Crippen LogP) is 5.43. The van der Waals surface area contributed by atoms with E-state index in [0.29, 0.717) is 51.8 Å². The summed E-state index contributed by atoms with van der Waals surface area (Å²) in [6, 6.07) is 9.99. The van der Waals surface area contributed by atoms with Gasteiger partial charge < -0.3 is 29.6 Å². The number of aromatic nitrogens is 3. The van der Waals surface area contributed by atoms with Gasteiger partial charge in [0.05, 0.1) is 32.4 Å². The topological polar surface area (TPSA) is 112 Å². The summed E-state index contributed by atoms with van der Waals surface area (Å²) >= 11 is 0. The number of morpholine rings is 1. The zero-order valence-corrected chi connectivity index (χ0v) is 25.7. The lowest BCUT2D eigenvalue weighted by atomic mass is 10.1. The number of benzene rings is 2. The van der Waals surface area contributed by atoms with Crippen LogP contribution >= 0.6 is 0 Å². The monoisotopic (exact) mass is 618 g/mol. The van der Waals surface area contributed by atoms with E-state index in [1.807, 2.05) is 6.07 Å². The number of fused-ring (bicyclic) bond motifs is 1. The van der Waals surface area contributed by atoms with Crippen LogP contribution < -0.4 is 24.8 Å². The molecule has 1 amide bonds. The van der Waals surface area contributed by atoms with E-state index in [1.165, 1.54) is 12.1 Å². The lowest BCUT2D eigenvalue weighted by molar-refractivity contribution is 0.0357. The van der Waals surface area contributed by atoms with Gasteiger partial charge in [-0.15, -0.1) is 0 Å². The van der Waals surface area contributed by atoms with Gasteiger partial charge in [-0.1, -0.05) is 12.8 Å². The van der Waals surface area contributed by atoms with E-state index < -0.39 is 5.82 Å². The number of methoxy groups -OCH3 is 1. The number of aryl methyl sites for hydroxylation is 1. The summed E-state index contributed by atoms with van der Waals surface area (Å²) in [6.07, 6.45) is 8.33. The molecule has 2 aromatic heterocycles. The number of carbonyl (C=O) groups excluding carboxylic acids is 1. The number of pyridine rings is 1. The summed E-state index contributed by atoms with van der Waals surface area (Å²) in [5.41, 5.74) is 1.47. The van der Waals surface area contributed by atoms with Crippen molar-refractivity contribution < 1.29 is 28.1 Å². The third-order valence-corrected chi connectivity index (χ3v) is 8.15. The van der Waals surface area contributed by atoms with Crippen LogP contribution in [0.3, 0.4) is 0 Å². The molecule has 1 aliphatic carbocycles. The molecule has 45 heavy (non-hydrogen) atoms. The molecule has 0 spiro atoms. The quantitative estimate of drug-likeness (QED) is 0.201. The second kappa shape index (κ2) is 14.1. The van der Waals surface area contributed by atoms with E-state index in [1.54, 1.807) is 49.4 Å². The van der Waals surface area contributed by atoms with Gasteiger partial charge in [-0.05, 0) is 43.5 Å². The first-order valence-electron chi connectivity index (χ1n) is 15.5. The molecule has 6 rings (SSSR count). The van der Waals surface area contributed by atoms with E-state index in [9.17, 15) is 4.79 Å². The van der Waals surface area contributed by atoms with Crippen molar-refractivity contribution in [2.45, 2.75) is 38.1 Å². The number of ether oxygens (including phenoxy) is 4. The standard InChI is InChI=1S/C33H39FN6O5/c1-39-21-25(33(41)37-22-6-3-4-7-22)32(38-39)36-23-8-9-29(26(34)18-23)45-28-10-11-35-27-20-31(30(42-2)19-24(27)28)44-15-5-12-40-13-16-43-17-14-40/h8-11,18-22H,3-7,12-17H2,1-2H3,(H,36,38)(H,37,41). The van der Waals surface area contributed by atoms with Gasteiger partial charge in [0.2, 0.25) is 0 Å². The van der Waals surface area contributed by atoms with Crippen molar-refractivity contribution in [1.29, 1.82) is 0 Å². The maximum Gasteiger partial charge on any atom is 0.256 e. The normalized spacial score (nSPS) is 15.7. The number of anilines is 2. The van der Waals surface area contributed by atoms with Gasteiger partial charge in [0.25, 0.3) is 5.91 Å². The van der Waals surface area contributed by atoms with Gasteiger partial charge >= 0.3 is 0 Å². The first-order chi connectivity index (χ1) is 22.0. The fraction of sp³-hybridized carbons (Fsp3) is 0.424. The van der Waals surface area contributed by atoms with Crippen LogP contribution in [0.2, 0.25) is 0 Å². The molecule has 2 aromatic carbocycles. The maximum atomic E-state index is 15.3. The van der Waals surface area contributed by atoms with Crippen molar-refractivity contribution in [3.05, 3.63) is 60.2 Å². The van der Waals surface area contributed by atoms with Crippen LogP contribution in [0.4, 0.5) is 15.9 Å². The largest absolute Gasteiger partial charge is 0.493 e. The first-order valence-corrected chi connectivity index (χ1v) is 15.5. The number of halogens is 1. The molecule has 0 radical (unpaired) electrons. The second-order valence-electron chi connectivity index (χ2n) is 11.4. The van der Waals surface area contributed by atoms with Crippen LogP contribution in [0.15, 0.2) is 48.8 Å². The third-order valence-electron chi connectivity index (χ3n) is 8.15. The van der Waals surface area contributed by atoms with Crippen LogP contribution in [0.25, 0.3) is 10.9 Å². The number of amides is 1. The number of nitrogens with zero attached hydrogens (tertiary/aromatic N) is 4. The van der Waals surface area contributed by atoms with E-state index in [4.69, 9.17) is 18.9 Å². The molecular formula is C33H39FN6O5. The molecule has 0 unspecified atom stereocenters. The van der Waals surface area contributed by atoms with E-state index in [0.717, 1.165) is 65.0 Å². The second-order valence-corrected chi connectivity index (χ2v) is 11.4. The molecule has 0 atom stereocenters.